The molecule has 0 unspecified atom stereocenters. The average Bonchev–Trinajstić information content (AvgIpc) is 3.48. The average molecular weight is 543 g/mol. The summed E-state index contributed by atoms with van der Waals surface area (Å²) in [5.74, 6) is -1.70. The molecule has 1 N–H and O–H groups in total. The van der Waals surface area contributed by atoms with Crippen LogP contribution >= 0.6 is 11.6 Å². The second kappa shape index (κ2) is 9.53. The number of aliphatic hydroxyl groups is 1. The highest BCUT2D eigenvalue weighted by Crippen LogP contribution is 2.50. The van der Waals surface area contributed by atoms with Crippen molar-refractivity contribution in [3.8, 4) is 0 Å². The Balaban J connectivity index is 1.54. The third-order valence-corrected chi connectivity index (χ3v) is 9.07. The first-order chi connectivity index (χ1) is 17.1. The van der Waals surface area contributed by atoms with Gasteiger partial charge in [0.2, 0.25) is 10.0 Å². The molecule has 0 radical (unpaired) electrons. The van der Waals surface area contributed by atoms with Crippen molar-refractivity contribution in [3.05, 3.63) is 64.7 Å². The fourth-order valence-corrected chi connectivity index (χ4v) is 6.84. The van der Waals surface area contributed by atoms with Gasteiger partial charge in [-0.05, 0) is 61.2 Å². The normalized spacial score (nSPS) is 26.1. The quantitative estimate of drug-likeness (QED) is 0.621. The van der Waals surface area contributed by atoms with Gasteiger partial charge >= 0.3 is 6.09 Å². The second-order valence-electron chi connectivity index (χ2n) is 9.38. The standard InChI is InChI=1S/C24H25ClF2N2O6S/c25-16-1-3-20(4-2-16)36(32,33)29-21(15-9-17(26)11-18(27)10-15)13-34-14-22(29)24(6-7-24)35-23(31)28-8-5-19(30)12-28/h1-4,9-11,19,21-22,30H,5-8,12-14H2/t19-,21-,22+/m0/s1. The van der Waals surface area contributed by atoms with E-state index < -0.39 is 51.5 Å². The molecule has 0 spiro atoms. The minimum Gasteiger partial charge on any atom is -0.441 e. The Labute approximate surface area is 212 Å². The van der Waals surface area contributed by atoms with E-state index in [-0.39, 0.29) is 30.2 Å². The first-order valence-corrected chi connectivity index (χ1v) is 13.4. The maximum absolute atomic E-state index is 14.1. The highest BCUT2D eigenvalue weighted by Gasteiger charge is 2.61. The molecule has 3 aliphatic rings. The number of hydrogen-bond acceptors (Lipinski definition) is 6. The van der Waals surface area contributed by atoms with Crippen molar-refractivity contribution >= 4 is 27.7 Å². The molecule has 0 aromatic heterocycles. The summed E-state index contributed by atoms with van der Waals surface area (Å²) >= 11 is 5.96. The number of β-amino-alcohol motifs (C(OH)–C–C–N with tert-alkyl or cyclic N) is 1. The molecule has 194 valence electrons. The van der Waals surface area contributed by atoms with Gasteiger partial charge in [0.15, 0.2) is 0 Å². The van der Waals surface area contributed by atoms with Crippen LogP contribution in [-0.2, 0) is 19.5 Å². The number of rotatable bonds is 5. The number of amides is 1. The Kier molecular flexibility index (Phi) is 6.71. The van der Waals surface area contributed by atoms with Gasteiger partial charge in [-0.15, -0.1) is 0 Å². The van der Waals surface area contributed by atoms with E-state index in [9.17, 15) is 27.1 Å². The zero-order valence-electron chi connectivity index (χ0n) is 19.1. The van der Waals surface area contributed by atoms with Crippen LogP contribution in [0.25, 0.3) is 0 Å². The SMILES string of the molecule is O=C(OC1([C@H]2COC[C@@H](c3cc(F)cc(F)c3)N2S(=O)(=O)c2ccc(Cl)cc2)CC1)N1CC[C@H](O)C1. The summed E-state index contributed by atoms with van der Waals surface area (Å²) in [7, 11) is -4.25. The molecule has 5 rings (SSSR count). The summed E-state index contributed by atoms with van der Waals surface area (Å²) in [6.07, 6.45) is -0.0783. The van der Waals surface area contributed by atoms with E-state index in [0.717, 1.165) is 16.4 Å². The van der Waals surface area contributed by atoms with Crippen LogP contribution < -0.4 is 0 Å². The van der Waals surface area contributed by atoms with Gasteiger partial charge in [-0.1, -0.05) is 11.6 Å². The molecule has 1 amide bonds. The summed E-state index contributed by atoms with van der Waals surface area (Å²) < 4.78 is 69.0. The molecular weight excluding hydrogens is 518 g/mol. The van der Waals surface area contributed by atoms with Crippen molar-refractivity contribution in [1.82, 2.24) is 9.21 Å². The van der Waals surface area contributed by atoms with Crippen LogP contribution in [0.15, 0.2) is 47.4 Å². The largest absolute Gasteiger partial charge is 0.441 e. The molecule has 3 atom stereocenters. The van der Waals surface area contributed by atoms with Crippen LogP contribution in [0, 0.1) is 11.6 Å². The van der Waals surface area contributed by atoms with Gasteiger partial charge < -0.3 is 19.5 Å². The number of carbonyl (C=O) groups excluding carboxylic acids is 1. The van der Waals surface area contributed by atoms with Crippen LogP contribution in [-0.4, -0.2) is 72.9 Å². The molecule has 0 bridgehead atoms. The van der Waals surface area contributed by atoms with E-state index in [1.54, 1.807) is 0 Å². The fourth-order valence-electron chi connectivity index (χ4n) is 4.89. The molecule has 12 heteroatoms. The number of halogens is 3. The number of aliphatic hydroxyl groups excluding tert-OH is 1. The molecule has 1 saturated carbocycles. The first kappa shape index (κ1) is 25.3. The molecule has 36 heavy (non-hydrogen) atoms. The molecule has 8 nitrogen and oxygen atoms in total. The molecule has 2 saturated heterocycles. The van der Waals surface area contributed by atoms with Gasteiger partial charge in [0.05, 0.1) is 36.3 Å². The number of morpholine rings is 1. The minimum atomic E-state index is -4.25. The lowest BCUT2D eigenvalue weighted by atomic mass is 10.0. The highest BCUT2D eigenvalue weighted by atomic mass is 35.5. The van der Waals surface area contributed by atoms with E-state index in [4.69, 9.17) is 21.1 Å². The third-order valence-electron chi connectivity index (χ3n) is 6.89. The molecule has 2 aromatic carbocycles. The smallest absolute Gasteiger partial charge is 0.410 e. The van der Waals surface area contributed by atoms with Crippen molar-refractivity contribution < 1.29 is 36.6 Å². The zero-order valence-corrected chi connectivity index (χ0v) is 20.7. The summed E-state index contributed by atoms with van der Waals surface area (Å²) in [5, 5.41) is 10.1. The number of likely N-dealkylation sites (tertiary alicyclic amines) is 1. The Morgan fingerprint density at radius 2 is 1.78 bits per heavy atom. The van der Waals surface area contributed by atoms with Gasteiger partial charge in [0.25, 0.3) is 0 Å². The number of ether oxygens (including phenoxy) is 2. The van der Waals surface area contributed by atoms with Crippen molar-refractivity contribution in [1.29, 1.82) is 0 Å². The van der Waals surface area contributed by atoms with Gasteiger partial charge in [-0.3, -0.25) is 0 Å². The lowest BCUT2D eigenvalue weighted by Gasteiger charge is -2.44. The number of sulfonamides is 1. The highest BCUT2D eigenvalue weighted by molar-refractivity contribution is 7.89. The van der Waals surface area contributed by atoms with Gasteiger partial charge in [0.1, 0.15) is 17.2 Å². The minimum absolute atomic E-state index is 0.0644. The maximum Gasteiger partial charge on any atom is 0.410 e. The zero-order chi connectivity index (χ0) is 25.7. The predicted molar refractivity (Wildman–Crippen MR) is 125 cm³/mol. The Bertz CT molecular complexity index is 1240. The number of nitrogens with zero attached hydrogens (tertiary/aromatic N) is 2. The number of hydrogen-bond donors (Lipinski definition) is 1. The van der Waals surface area contributed by atoms with Crippen molar-refractivity contribution in [2.24, 2.45) is 0 Å². The van der Waals surface area contributed by atoms with E-state index in [0.29, 0.717) is 36.9 Å². The topological polar surface area (TPSA) is 96.4 Å². The molecule has 2 aliphatic heterocycles. The van der Waals surface area contributed by atoms with Crippen LogP contribution in [0.5, 0.6) is 0 Å². The Hall–Kier alpha value is -2.31. The Morgan fingerprint density at radius 3 is 2.36 bits per heavy atom. The van der Waals surface area contributed by atoms with E-state index in [1.165, 1.54) is 29.2 Å². The molecule has 2 heterocycles. The molecule has 1 aliphatic carbocycles. The van der Waals surface area contributed by atoms with Gasteiger partial charge in [-0.25, -0.2) is 22.0 Å². The first-order valence-electron chi connectivity index (χ1n) is 11.6. The lowest BCUT2D eigenvalue weighted by Crippen LogP contribution is -2.58. The molecule has 2 aromatic rings. The Morgan fingerprint density at radius 1 is 1.11 bits per heavy atom. The van der Waals surface area contributed by atoms with E-state index >= 15 is 0 Å². The summed E-state index contributed by atoms with van der Waals surface area (Å²) in [6.45, 7) is 0.245. The van der Waals surface area contributed by atoms with Gasteiger partial charge in [0, 0.05) is 24.2 Å². The van der Waals surface area contributed by atoms with E-state index in [1.807, 2.05) is 0 Å². The summed E-state index contributed by atoms with van der Waals surface area (Å²) in [4.78, 5) is 14.2. The van der Waals surface area contributed by atoms with Crippen molar-refractivity contribution in [3.63, 3.8) is 0 Å². The molecular formula is C24H25ClF2N2O6S. The maximum atomic E-state index is 14.1. The fraction of sp³-hybridized carbons (Fsp3) is 0.458. The summed E-state index contributed by atoms with van der Waals surface area (Å²) in [6, 6.07) is 6.41. The van der Waals surface area contributed by atoms with Crippen LogP contribution in [0.2, 0.25) is 5.02 Å². The molecule has 3 fully saturated rings. The lowest BCUT2D eigenvalue weighted by molar-refractivity contribution is -0.0718. The van der Waals surface area contributed by atoms with Crippen LogP contribution in [0.1, 0.15) is 30.9 Å². The van der Waals surface area contributed by atoms with Crippen LogP contribution in [0.3, 0.4) is 0 Å². The van der Waals surface area contributed by atoms with Crippen molar-refractivity contribution in [2.45, 2.75) is 47.9 Å². The number of carbonyl (C=O) groups is 1. The monoisotopic (exact) mass is 542 g/mol. The van der Waals surface area contributed by atoms with Crippen molar-refractivity contribution in [2.75, 3.05) is 26.3 Å². The van der Waals surface area contributed by atoms with E-state index in [2.05, 4.69) is 0 Å². The number of benzene rings is 2. The third kappa shape index (κ3) is 4.82. The predicted octanol–water partition coefficient (Wildman–Crippen LogP) is 3.48. The van der Waals surface area contributed by atoms with Gasteiger partial charge in [-0.2, -0.15) is 4.31 Å². The summed E-state index contributed by atoms with van der Waals surface area (Å²) in [5.41, 5.74) is -1.09. The van der Waals surface area contributed by atoms with Crippen LogP contribution in [0.4, 0.5) is 13.6 Å². The second-order valence-corrected chi connectivity index (χ2v) is 11.7.